The molecule has 0 N–H and O–H groups in total. The normalized spacial score (nSPS) is 9.77. The summed E-state index contributed by atoms with van der Waals surface area (Å²) in [6.07, 6.45) is 0.785. The van der Waals surface area contributed by atoms with E-state index in [-0.39, 0.29) is 5.82 Å². The second-order valence-electron chi connectivity index (χ2n) is 2.67. The zero-order chi connectivity index (χ0) is 9.84. The second-order valence-corrected chi connectivity index (χ2v) is 2.67. The molecule has 0 aromatic carbocycles. The highest BCUT2D eigenvalue weighted by molar-refractivity contribution is 5.85. The molecule has 0 spiro atoms. The summed E-state index contributed by atoms with van der Waals surface area (Å²) in [7, 11) is 1.32. The summed E-state index contributed by atoms with van der Waals surface area (Å²) in [5, 5.41) is 0. The summed E-state index contributed by atoms with van der Waals surface area (Å²) in [5.41, 5.74) is 1.64. The Morgan fingerprint density at radius 3 is 2.77 bits per heavy atom. The van der Waals surface area contributed by atoms with E-state index in [0.717, 1.165) is 17.8 Å². The molecule has 1 aromatic rings. The van der Waals surface area contributed by atoms with E-state index in [0.29, 0.717) is 0 Å². The van der Waals surface area contributed by atoms with Gasteiger partial charge in [-0.2, -0.15) is 0 Å². The van der Waals surface area contributed by atoms with Crippen LogP contribution in [0.15, 0.2) is 6.07 Å². The Kier molecular flexibility index (Phi) is 2.95. The first-order valence-corrected chi connectivity index (χ1v) is 4.10. The molecule has 0 unspecified atom stereocenters. The topological polar surface area (TPSA) is 52.1 Å². The number of carbonyl (C=O) groups excluding carboxylic acids is 1. The van der Waals surface area contributed by atoms with E-state index in [1.807, 2.05) is 19.9 Å². The number of carbonyl (C=O) groups is 1. The molecule has 0 aliphatic carbocycles. The highest BCUT2D eigenvalue weighted by Gasteiger charge is 2.10. The molecule has 1 heterocycles. The molecular weight excluding hydrogens is 168 g/mol. The van der Waals surface area contributed by atoms with Crippen LogP contribution in [0.2, 0.25) is 0 Å². The van der Waals surface area contributed by atoms with E-state index in [2.05, 4.69) is 14.7 Å². The predicted molar refractivity (Wildman–Crippen MR) is 47.5 cm³/mol. The van der Waals surface area contributed by atoms with Gasteiger partial charge in [0.1, 0.15) is 0 Å². The van der Waals surface area contributed by atoms with E-state index in [4.69, 9.17) is 0 Å². The fourth-order valence-electron chi connectivity index (χ4n) is 0.997. The van der Waals surface area contributed by atoms with E-state index in [1.54, 1.807) is 0 Å². The maximum atomic E-state index is 11.1. The van der Waals surface area contributed by atoms with Crippen molar-refractivity contribution in [1.82, 2.24) is 9.97 Å². The number of ether oxygens (including phenoxy) is 1. The lowest BCUT2D eigenvalue weighted by Gasteiger charge is -2.01. The van der Waals surface area contributed by atoms with Gasteiger partial charge in [0.2, 0.25) is 5.82 Å². The van der Waals surface area contributed by atoms with Gasteiger partial charge in [-0.3, -0.25) is 0 Å². The van der Waals surface area contributed by atoms with Gasteiger partial charge in [-0.25, -0.2) is 14.8 Å². The van der Waals surface area contributed by atoms with Crippen LogP contribution in [0.1, 0.15) is 28.9 Å². The third-order valence-electron chi connectivity index (χ3n) is 1.64. The van der Waals surface area contributed by atoms with Crippen molar-refractivity contribution in [1.29, 1.82) is 0 Å². The van der Waals surface area contributed by atoms with Gasteiger partial charge in [-0.1, -0.05) is 6.92 Å². The number of aryl methyl sites for hydroxylation is 2. The monoisotopic (exact) mass is 180 g/mol. The Labute approximate surface area is 77.0 Å². The van der Waals surface area contributed by atoms with Crippen molar-refractivity contribution in [3.05, 3.63) is 23.3 Å². The van der Waals surface area contributed by atoms with Crippen LogP contribution in [0.5, 0.6) is 0 Å². The number of methoxy groups -OCH3 is 1. The number of nitrogens with zero attached hydrogens (tertiary/aromatic N) is 2. The molecule has 4 nitrogen and oxygen atoms in total. The molecule has 1 rings (SSSR count). The lowest BCUT2D eigenvalue weighted by Crippen LogP contribution is -2.09. The summed E-state index contributed by atoms with van der Waals surface area (Å²) < 4.78 is 4.53. The van der Waals surface area contributed by atoms with Crippen LogP contribution in [0.25, 0.3) is 0 Å². The van der Waals surface area contributed by atoms with Crippen LogP contribution >= 0.6 is 0 Å². The minimum absolute atomic E-state index is 0.138. The number of aromatic nitrogens is 2. The third kappa shape index (κ3) is 2.24. The standard InChI is InChI=1S/C9H12N2O2/c1-4-7-5-6(2)10-8(11-7)9(12)13-3/h5H,4H2,1-3H3. The maximum absolute atomic E-state index is 11.1. The number of esters is 1. The van der Waals surface area contributed by atoms with Crippen molar-refractivity contribution in [2.45, 2.75) is 20.3 Å². The maximum Gasteiger partial charge on any atom is 0.376 e. The molecule has 70 valence electrons. The largest absolute Gasteiger partial charge is 0.463 e. The van der Waals surface area contributed by atoms with Gasteiger partial charge in [0.15, 0.2) is 0 Å². The van der Waals surface area contributed by atoms with Gasteiger partial charge >= 0.3 is 5.97 Å². The van der Waals surface area contributed by atoms with Crippen LogP contribution < -0.4 is 0 Å². The molecule has 0 saturated carbocycles. The molecule has 4 heteroatoms. The number of hydrogen-bond donors (Lipinski definition) is 0. The van der Waals surface area contributed by atoms with Gasteiger partial charge in [0.25, 0.3) is 0 Å². The molecule has 0 radical (unpaired) electrons. The first kappa shape index (κ1) is 9.64. The summed E-state index contributed by atoms with van der Waals surface area (Å²) in [6.45, 7) is 3.80. The smallest absolute Gasteiger partial charge is 0.376 e. The van der Waals surface area contributed by atoms with Crippen LogP contribution in [-0.4, -0.2) is 23.0 Å². The van der Waals surface area contributed by atoms with Crippen molar-refractivity contribution >= 4 is 5.97 Å². The zero-order valence-electron chi connectivity index (χ0n) is 8.00. The SMILES string of the molecule is CCc1cc(C)nc(C(=O)OC)n1. The molecule has 0 amide bonds. The molecule has 0 aliphatic rings. The fraction of sp³-hybridized carbons (Fsp3) is 0.444. The van der Waals surface area contributed by atoms with Gasteiger partial charge in [0.05, 0.1) is 7.11 Å². The van der Waals surface area contributed by atoms with Gasteiger partial charge < -0.3 is 4.74 Å². The minimum Gasteiger partial charge on any atom is -0.463 e. The average Bonchev–Trinajstić information content (AvgIpc) is 2.15. The number of rotatable bonds is 2. The second kappa shape index (κ2) is 3.98. The summed E-state index contributed by atoms with van der Waals surface area (Å²) >= 11 is 0. The summed E-state index contributed by atoms with van der Waals surface area (Å²) in [5.74, 6) is -0.349. The van der Waals surface area contributed by atoms with Crippen LogP contribution in [0.4, 0.5) is 0 Å². The van der Waals surface area contributed by atoms with Crippen LogP contribution in [0.3, 0.4) is 0 Å². The molecule has 0 fully saturated rings. The van der Waals surface area contributed by atoms with E-state index in [1.165, 1.54) is 7.11 Å². The van der Waals surface area contributed by atoms with Crippen molar-refractivity contribution in [3.63, 3.8) is 0 Å². The van der Waals surface area contributed by atoms with Crippen molar-refractivity contribution in [2.75, 3.05) is 7.11 Å². The highest BCUT2D eigenvalue weighted by Crippen LogP contribution is 2.02. The Balaban J connectivity index is 3.08. The summed E-state index contributed by atoms with van der Waals surface area (Å²) in [6, 6.07) is 1.85. The van der Waals surface area contributed by atoms with Crippen LogP contribution in [0, 0.1) is 6.92 Å². The Bertz CT molecular complexity index is 323. The predicted octanol–water partition coefficient (Wildman–Crippen LogP) is 1.13. The lowest BCUT2D eigenvalue weighted by molar-refractivity contribution is 0.0586. The molecule has 0 bridgehead atoms. The quantitative estimate of drug-likeness (QED) is 0.640. The molecule has 13 heavy (non-hydrogen) atoms. The average molecular weight is 180 g/mol. The Hall–Kier alpha value is -1.45. The Morgan fingerprint density at radius 1 is 1.54 bits per heavy atom. The highest BCUT2D eigenvalue weighted by atomic mass is 16.5. The van der Waals surface area contributed by atoms with Gasteiger partial charge in [-0.05, 0) is 19.4 Å². The lowest BCUT2D eigenvalue weighted by atomic mass is 10.3. The molecule has 0 saturated heterocycles. The zero-order valence-corrected chi connectivity index (χ0v) is 8.00. The van der Waals surface area contributed by atoms with Crippen molar-refractivity contribution in [3.8, 4) is 0 Å². The molecule has 0 aliphatic heterocycles. The number of hydrogen-bond acceptors (Lipinski definition) is 4. The van der Waals surface area contributed by atoms with E-state index < -0.39 is 5.97 Å². The first-order chi connectivity index (χ1) is 6.17. The first-order valence-electron chi connectivity index (χ1n) is 4.10. The third-order valence-corrected chi connectivity index (χ3v) is 1.64. The fourth-order valence-corrected chi connectivity index (χ4v) is 0.997. The van der Waals surface area contributed by atoms with E-state index >= 15 is 0 Å². The Morgan fingerprint density at radius 2 is 2.23 bits per heavy atom. The molecular formula is C9H12N2O2. The molecule has 1 aromatic heterocycles. The summed E-state index contributed by atoms with van der Waals surface area (Å²) in [4.78, 5) is 19.1. The van der Waals surface area contributed by atoms with E-state index in [9.17, 15) is 4.79 Å². The van der Waals surface area contributed by atoms with Crippen LogP contribution in [-0.2, 0) is 11.2 Å². The van der Waals surface area contributed by atoms with Gasteiger partial charge in [-0.15, -0.1) is 0 Å². The minimum atomic E-state index is -0.488. The van der Waals surface area contributed by atoms with Crippen molar-refractivity contribution < 1.29 is 9.53 Å². The molecule has 0 atom stereocenters. The van der Waals surface area contributed by atoms with Crippen molar-refractivity contribution in [2.24, 2.45) is 0 Å². The van der Waals surface area contributed by atoms with Gasteiger partial charge in [0, 0.05) is 11.4 Å².